The van der Waals surface area contributed by atoms with E-state index in [1.165, 1.54) is 17.0 Å². The molecule has 20 heavy (non-hydrogen) atoms. The molecule has 2 aromatic rings. The van der Waals surface area contributed by atoms with Crippen LogP contribution in [0.15, 0.2) is 27.8 Å². The highest BCUT2D eigenvalue weighted by Gasteiger charge is 2.25. The van der Waals surface area contributed by atoms with E-state index in [1.54, 1.807) is 13.0 Å². The normalized spacial score (nSPS) is 14.2. The van der Waals surface area contributed by atoms with Crippen LogP contribution in [-0.2, 0) is 11.3 Å². The molecule has 1 aliphatic carbocycles. The third kappa shape index (κ3) is 2.76. The van der Waals surface area contributed by atoms with E-state index in [9.17, 15) is 9.59 Å². The van der Waals surface area contributed by atoms with E-state index in [-0.39, 0.29) is 23.9 Å². The van der Waals surface area contributed by atoms with Crippen molar-refractivity contribution in [2.45, 2.75) is 32.2 Å². The average Bonchev–Trinajstić information content (AvgIpc) is 3.16. The Morgan fingerprint density at radius 1 is 1.50 bits per heavy atom. The second-order valence-corrected chi connectivity index (χ2v) is 4.93. The zero-order valence-corrected chi connectivity index (χ0v) is 11.0. The molecule has 0 spiro atoms. The second-order valence-electron chi connectivity index (χ2n) is 4.93. The van der Waals surface area contributed by atoms with Crippen LogP contribution in [0.4, 0.5) is 5.88 Å². The smallest absolute Gasteiger partial charge is 0.254 e. The Bertz CT molecular complexity index is 700. The van der Waals surface area contributed by atoms with Gasteiger partial charge in [-0.05, 0) is 19.8 Å². The van der Waals surface area contributed by atoms with Gasteiger partial charge in [0.15, 0.2) is 0 Å². The Labute approximate surface area is 114 Å². The standard InChI is InChI=1S/C13H14N4O3/c1-8-4-12(20-16-8)15-11(18)6-17-7-14-10(5-13(17)19)9-2-3-9/h4-5,7,9H,2-3,6H2,1H3,(H,15,18). The van der Waals surface area contributed by atoms with Gasteiger partial charge in [0.1, 0.15) is 6.54 Å². The van der Waals surface area contributed by atoms with E-state index in [1.807, 2.05) is 0 Å². The van der Waals surface area contributed by atoms with E-state index in [4.69, 9.17) is 4.52 Å². The summed E-state index contributed by atoms with van der Waals surface area (Å²) in [5.41, 5.74) is 1.27. The summed E-state index contributed by atoms with van der Waals surface area (Å²) in [6, 6.07) is 3.11. The maximum absolute atomic E-state index is 11.9. The predicted molar refractivity (Wildman–Crippen MR) is 70.3 cm³/mol. The fourth-order valence-corrected chi connectivity index (χ4v) is 1.92. The Morgan fingerprint density at radius 2 is 2.30 bits per heavy atom. The van der Waals surface area contributed by atoms with E-state index >= 15 is 0 Å². The number of hydrogen-bond acceptors (Lipinski definition) is 5. The Morgan fingerprint density at radius 3 is 2.90 bits per heavy atom. The molecule has 0 aromatic carbocycles. The summed E-state index contributed by atoms with van der Waals surface area (Å²) >= 11 is 0. The van der Waals surface area contributed by atoms with Crippen molar-refractivity contribution in [1.82, 2.24) is 14.7 Å². The summed E-state index contributed by atoms with van der Waals surface area (Å²) in [7, 11) is 0. The molecule has 2 heterocycles. The first kappa shape index (κ1) is 12.6. The number of carbonyl (C=O) groups is 1. The molecule has 1 fully saturated rings. The van der Waals surface area contributed by atoms with Crippen molar-refractivity contribution in [2.75, 3.05) is 5.32 Å². The van der Waals surface area contributed by atoms with Crippen LogP contribution in [0.2, 0.25) is 0 Å². The molecule has 2 aromatic heterocycles. The van der Waals surface area contributed by atoms with E-state index in [0.717, 1.165) is 18.5 Å². The molecular formula is C13H14N4O3. The van der Waals surface area contributed by atoms with Gasteiger partial charge in [-0.2, -0.15) is 0 Å². The molecule has 0 unspecified atom stereocenters. The van der Waals surface area contributed by atoms with E-state index in [0.29, 0.717) is 11.6 Å². The van der Waals surface area contributed by atoms with Gasteiger partial charge in [-0.15, -0.1) is 0 Å². The molecule has 1 N–H and O–H groups in total. The second kappa shape index (κ2) is 4.92. The first-order valence-electron chi connectivity index (χ1n) is 6.41. The third-order valence-corrected chi connectivity index (χ3v) is 3.10. The van der Waals surface area contributed by atoms with Gasteiger partial charge >= 0.3 is 0 Å². The molecule has 0 saturated heterocycles. The van der Waals surface area contributed by atoms with Crippen molar-refractivity contribution in [3.8, 4) is 0 Å². The zero-order chi connectivity index (χ0) is 14.1. The van der Waals surface area contributed by atoms with Gasteiger partial charge in [0.05, 0.1) is 17.7 Å². The van der Waals surface area contributed by atoms with Crippen LogP contribution in [0.3, 0.4) is 0 Å². The van der Waals surface area contributed by atoms with Gasteiger partial charge in [0, 0.05) is 18.1 Å². The SMILES string of the molecule is Cc1cc(NC(=O)Cn2cnc(C3CC3)cc2=O)on1. The van der Waals surface area contributed by atoms with Crippen LogP contribution in [0, 0.1) is 6.92 Å². The molecule has 104 valence electrons. The molecule has 0 atom stereocenters. The number of hydrogen-bond donors (Lipinski definition) is 1. The molecule has 1 aliphatic rings. The van der Waals surface area contributed by atoms with Crippen LogP contribution >= 0.6 is 0 Å². The molecule has 7 heteroatoms. The highest BCUT2D eigenvalue weighted by atomic mass is 16.5. The fourth-order valence-electron chi connectivity index (χ4n) is 1.92. The Balaban J connectivity index is 1.67. The first-order valence-corrected chi connectivity index (χ1v) is 6.41. The van der Waals surface area contributed by atoms with Crippen LogP contribution in [-0.4, -0.2) is 20.6 Å². The van der Waals surface area contributed by atoms with Gasteiger partial charge in [0.25, 0.3) is 5.56 Å². The summed E-state index contributed by atoms with van der Waals surface area (Å²) in [6.45, 7) is 1.65. The fraction of sp³-hybridized carbons (Fsp3) is 0.385. The Kier molecular flexibility index (Phi) is 3.09. The number of nitrogens with one attached hydrogen (secondary N) is 1. The lowest BCUT2D eigenvalue weighted by Crippen LogP contribution is -2.27. The van der Waals surface area contributed by atoms with E-state index in [2.05, 4.69) is 15.5 Å². The van der Waals surface area contributed by atoms with Gasteiger partial charge in [0.2, 0.25) is 11.8 Å². The lowest BCUT2D eigenvalue weighted by Gasteiger charge is -2.05. The number of amides is 1. The minimum Gasteiger partial charge on any atom is -0.338 e. The van der Waals surface area contributed by atoms with Gasteiger partial charge in [-0.25, -0.2) is 4.98 Å². The van der Waals surface area contributed by atoms with Crippen LogP contribution in [0.5, 0.6) is 0 Å². The van der Waals surface area contributed by atoms with Gasteiger partial charge in [-0.1, -0.05) is 5.16 Å². The number of anilines is 1. The van der Waals surface area contributed by atoms with Crippen LogP contribution in [0.1, 0.15) is 30.1 Å². The maximum Gasteiger partial charge on any atom is 0.254 e. The molecule has 3 rings (SSSR count). The summed E-state index contributed by atoms with van der Waals surface area (Å²) in [6.07, 6.45) is 3.59. The summed E-state index contributed by atoms with van der Waals surface area (Å²) in [4.78, 5) is 27.9. The quantitative estimate of drug-likeness (QED) is 0.900. The topological polar surface area (TPSA) is 90.0 Å². The number of aromatic nitrogens is 3. The molecule has 1 saturated carbocycles. The number of carbonyl (C=O) groups excluding carboxylic acids is 1. The lowest BCUT2D eigenvalue weighted by molar-refractivity contribution is -0.116. The van der Waals surface area contributed by atoms with E-state index < -0.39 is 0 Å². The molecule has 7 nitrogen and oxygen atoms in total. The molecule has 0 radical (unpaired) electrons. The minimum absolute atomic E-state index is 0.101. The van der Waals surface area contributed by atoms with Crippen molar-refractivity contribution in [3.63, 3.8) is 0 Å². The molecule has 1 amide bonds. The average molecular weight is 274 g/mol. The zero-order valence-electron chi connectivity index (χ0n) is 11.0. The summed E-state index contributed by atoms with van der Waals surface area (Å²) in [5.74, 6) is 0.329. The first-order chi connectivity index (χ1) is 9.61. The highest BCUT2D eigenvalue weighted by Crippen LogP contribution is 2.38. The van der Waals surface area contributed by atoms with Crippen molar-refractivity contribution in [2.24, 2.45) is 0 Å². The summed E-state index contributed by atoms with van der Waals surface area (Å²) < 4.78 is 6.15. The number of aryl methyl sites for hydroxylation is 1. The lowest BCUT2D eigenvalue weighted by atomic mass is 10.3. The van der Waals surface area contributed by atoms with Gasteiger partial charge in [-0.3, -0.25) is 19.5 Å². The van der Waals surface area contributed by atoms with Crippen LogP contribution < -0.4 is 10.9 Å². The highest BCUT2D eigenvalue weighted by molar-refractivity contribution is 5.89. The van der Waals surface area contributed by atoms with Crippen molar-refractivity contribution in [3.05, 3.63) is 40.2 Å². The van der Waals surface area contributed by atoms with Gasteiger partial charge < -0.3 is 4.52 Å². The number of nitrogens with zero attached hydrogens (tertiary/aromatic N) is 3. The minimum atomic E-state index is -0.357. The maximum atomic E-state index is 11.9. The largest absolute Gasteiger partial charge is 0.338 e. The molecular weight excluding hydrogens is 260 g/mol. The predicted octanol–water partition coefficient (Wildman–Crippen LogP) is 1.06. The van der Waals surface area contributed by atoms with Crippen LogP contribution in [0.25, 0.3) is 0 Å². The molecule has 0 bridgehead atoms. The third-order valence-electron chi connectivity index (χ3n) is 3.10. The van der Waals surface area contributed by atoms with Crippen molar-refractivity contribution in [1.29, 1.82) is 0 Å². The monoisotopic (exact) mass is 274 g/mol. The Hall–Kier alpha value is -2.44. The summed E-state index contributed by atoms with van der Waals surface area (Å²) in [5, 5.41) is 6.19. The van der Waals surface area contributed by atoms with Crippen molar-refractivity contribution < 1.29 is 9.32 Å². The van der Waals surface area contributed by atoms with Crippen molar-refractivity contribution >= 4 is 11.8 Å². The number of rotatable bonds is 4. The molecule has 0 aliphatic heterocycles.